The highest BCUT2D eigenvalue weighted by atomic mass is 16.6. The summed E-state index contributed by atoms with van der Waals surface area (Å²) in [5, 5.41) is 12.1. The lowest BCUT2D eigenvalue weighted by Crippen LogP contribution is -3.03. The molecule has 0 radical (unpaired) electrons. The van der Waals surface area contributed by atoms with E-state index in [0.29, 0.717) is 23.8 Å². The molecule has 5 fully saturated rings. The summed E-state index contributed by atoms with van der Waals surface area (Å²) >= 11 is 0. The van der Waals surface area contributed by atoms with Crippen LogP contribution in [0.4, 0.5) is 0 Å². The highest BCUT2D eigenvalue weighted by Crippen LogP contribution is 2.80. The predicted molar refractivity (Wildman–Crippen MR) is 116 cm³/mol. The van der Waals surface area contributed by atoms with Crippen LogP contribution >= 0.6 is 0 Å². The standard InChI is InChI=1S/C26H27NO5/c1-14(2)4-3-5-20(29)31-18-9-8-16-10-19-26(30)24(27(19)12-15-6-7-15)11-17(28)23-25(26,13-24)21(16)22(18)32-23/h3-5,8-9,15,19,23,30H,6-7,10-13H2,1-2H3/b5-3+/t19-,23+,24?,25+,26+/m1/s1. The molecule has 5 aliphatic carbocycles. The number of fused-ring (bicyclic) bond motifs is 1. The van der Waals surface area contributed by atoms with Gasteiger partial charge in [0.2, 0.25) is 0 Å². The summed E-state index contributed by atoms with van der Waals surface area (Å²) in [6, 6.07) is 3.81. The van der Waals surface area contributed by atoms with E-state index in [0.717, 1.165) is 36.1 Å². The van der Waals surface area contributed by atoms with E-state index in [4.69, 9.17) is 9.47 Å². The lowest BCUT2D eigenvalue weighted by molar-refractivity contribution is -0.385. The minimum Gasteiger partial charge on any atom is -0.477 e. The van der Waals surface area contributed by atoms with E-state index in [1.165, 1.54) is 18.9 Å². The van der Waals surface area contributed by atoms with Crippen molar-refractivity contribution in [1.82, 2.24) is 4.90 Å². The first-order valence-corrected chi connectivity index (χ1v) is 11.7. The van der Waals surface area contributed by atoms with Crippen molar-refractivity contribution in [3.63, 3.8) is 0 Å². The van der Waals surface area contributed by atoms with Crippen LogP contribution in [0.3, 0.4) is 0 Å². The molecule has 7 aliphatic rings. The molecule has 1 N–H and O–H groups in total. The molecule has 1 aromatic rings. The number of allylic oxidation sites excluding steroid dienone is 3. The SMILES string of the molecule is CC(C)=C/C=C/C(=O)Oc1ccc2c3c1O[C@H]1C(=O)CC45C[C@]31[C@]4(O)[C@@H](C2)N5CC1CC1. The van der Waals surface area contributed by atoms with Crippen LogP contribution in [0, 0.1) is 5.92 Å². The van der Waals surface area contributed by atoms with Gasteiger partial charge in [0.1, 0.15) is 5.60 Å². The molecule has 6 heteroatoms. The maximum atomic E-state index is 13.2. The van der Waals surface area contributed by atoms with E-state index in [2.05, 4.69) is 4.90 Å². The molecule has 6 nitrogen and oxygen atoms in total. The monoisotopic (exact) mass is 433 g/mol. The predicted octanol–water partition coefficient (Wildman–Crippen LogP) is 2.61. The van der Waals surface area contributed by atoms with Crippen LogP contribution in [0.15, 0.2) is 35.9 Å². The van der Waals surface area contributed by atoms with Crippen molar-refractivity contribution >= 4 is 11.8 Å². The first kappa shape index (κ1) is 19.1. The van der Waals surface area contributed by atoms with Gasteiger partial charge in [-0.3, -0.25) is 9.69 Å². The van der Waals surface area contributed by atoms with Gasteiger partial charge in [-0.25, -0.2) is 4.79 Å². The molecule has 1 saturated heterocycles. The van der Waals surface area contributed by atoms with Crippen molar-refractivity contribution in [1.29, 1.82) is 0 Å². The van der Waals surface area contributed by atoms with Gasteiger partial charge in [-0.15, -0.1) is 0 Å². The van der Waals surface area contributed by atoms with E-state index < -0.39 is 28.6 Å². The van der Waals surface area contributed by atoms with Crippen molar-refractivity contribution in [2.45, 2.75) is 74.7 Å². The number of nitrogens with zero attached hydrogens (tertiary/aromatic N) is 1. The Labute approximate surface area is 186 Å². The van der Waals surface area contributed by atoms with E-state index in [1.807, 2.05) is 26.0 Å². The molecule has 2 aliphatic heterocycles. The maximum Gasteiger partial charge on any atom is 0.336 e. The van der Waals surface area contributed by atoms with Gasteiger partial charge in [-0.2, -0.15) is 0 Å². The third kappa shape index (κ3) is 1.92. The van der Waals surface area contributed by atoms with Crippen LogP contribution < -0.4 is 9.47 Å². The number of hydrogen-bond donors (Lipinski definition) is 1. The smallest absolute Gasteiger partial charge is 0.336 e. The Balaban J connectivity index is 1.29. The summed E-state index contributed by atoms with van der Waals surface area (Å²) in [5.41, 5.74) is 1.04. The zero-order chi connectivity index (χ0) is 22.0. The fourth-order valence-corrected chi connectivity index (χ4v) is 7.64. The Hall–Kier alpha value is -2.44. The maximum absolute atomic E-state index is 13.2. The molecule has 2 spiro atoms. The highest BCUT2D eigenvalue weighted by molar-refractivity contribution is 5.95. The van der Waals surface area contributed by atoms with Crippen molar-refractivity contribution in [2.24, 2.45) is 5.92 Å². The summed E-state index contributed by atoms with van der Waals surface area (Å²) in [4.78, 5) is 28.1. The lowest BCUT2D eigenvalue weighted by atomic mass is 9.29. The van der Waals surface area contributed by atoms with Crippen molar-refractivity contribution in [2.75, 3.05) is 6.54 Å². The molecular weight excluding hydrogens is 406 g/mol. The Morgan fingerprint density at radius 3 is 2.91 bits per heavy atom. The average Bonchev–Trinajstić information content (AvgIpc) is 3.48. The molecular formula is C26H27NO5. The van der Waals surface area contributed by atoms with Gasteiger partial charge in [0, 0.05) is 30.6 Å². The topological polar surface area (TPSA) is 76.1 Å². The number of piperidine rings is 1. The van der Waals surface area contributed by atoms with Gasteiger partial charge in [0.05, 0.1) is 11.0 Å². The van der Waals surface area contributed by atoms with Crippen LogP contribution in [-0.2, 0) is 21.4 Å². The quantitative estimate of drug-likeness (QED) is 0.333. The lowest BCUT2D eigenvalue weighted by Gasteiger charge is -2.86. The second-order valence-electron chi connectivity index (χ2n) is 10.9. The van der Waals surface area contributed by atoms with Crippen molar-refractivity contribution in [3.8, 4) is 11.5 Å². The Kier molecular flexibility index (Phi) is 3.41. The number of esters is 1. The number of aliphatic hydroxyl groups is 1. The number of Topliss-reactive ketones (excluding diaryl/α,β-unsaturated/α-hetero) is 1. The molecule has 4 saturated carbocycles. The van der Waals surface area contributed by atoms with Crippen LogP contribution in [0.5, 0.6) is 11.5 Å². The van der Waals surface area contributed by atoms with Gasteiger partial charge in [0.15, 0.2) is 23.4 Å². The van der Waals surface area contributed by atoms with Crippen LogP contribution in [0.25, 0.3) is 0 Å². The third-order valence-corrected chi connectivity index (χ3v) is 8.90. The number of ketones is 1. The first-order valence-electron chi connectivity index (χ1n) is 11.7. The summed E-state index contributed by atoms with van der Waals surface area (Å²) in [6.45, 7) is 4.89. The van der Waals surface area contributed by atoms with Gasteiger partial charge in [0.25, 0.3) is 0 Å². The Morgan fingerprint density at radius 1 is 1.34 bits per heavy atom. The summed E-state index contributed by atoms with van der Waals surface area (Å²) in [6.07, 6.45) is 8.53. The molecule has 5 atom stereocenters. The number of rotatable bonds is 5. The van der Waals surface area contributed by atoms with Crippen LogP contribution in [0.1, 0.15) is 50.7 Å². The van der Waals surface area contributed by atoms with Gasteiger partial charge < -0.3 is 14.6 Å². The summed E-state index contributed by atoms with van der Waals surface area (Å²) in [5.74, 6) is 1.09. The van der Waals surface area contributed by atoms with Crippen LogP contribution in [0.2, 0.25) is 0 Å². The molecule has 2 bridgehead atoms. The van der Waals surface area contributed by atoms with Crippen LogP contribution in [-0.4, -0.2) is 51.6 Å². The number of ether oxygens (including phenoxy) is 2. The van der Waals surface area contributed by atoms with Crippen molar-refractivity contribution < 1.29 is 24.2 Å². The van der Waals surface area contributed by atoms with E-state index in [-0.39, 0.29) is 11.8 Å². The second-order valence-corrected chi connectivity index (χ2v) is 10.9. The molecule has 0 aromatic heterocycles. The Morgan fingerprint density at radius 2 is 2.16 bits per heavy atom. The highest BCUT2D eigenvalue weighted by Gasteiger charge is 2.94. The fourth-order valence-electron chi connectivity index (χ4n) is 7.64. The van der Waals surface area contributed by atoms with Gasteiger partial charge >= 0.3 is 5.97 Å². The molecule has 8 rings (SSSR count). The largest absolute Gasteiger partial charge is 0.477 e. The Bertz CT molecular complexity index is 1160. The fraction of sp³-hybridized carbons (Fsp3) is 0.538. The minimum atomic E-state index is -0.933. The van der Waals surface area contributed by atoms with E-state index in [1.54, 1.807) is 12.1 Å². The molecule has 32 heavy (non-hydrogen) atoms. The number of benzene rings is 1. The number of carbonyl (C=O) groups is 2. The second kappa shape index (κ2) is 5.72. The van der Waals surface area contributed by atoms with Gasteiger partial charge in [-0.05, 0) is 57.1 Å². The summed E-state index contributed by atoms with van der Waals surface area (Å²) in [7, 11) is 0. The normalized spacial score (nSPS) is 39.7. The van der Waals surface area contributed by atoms with Crippen molar-refractivity contribution in [3.05, 3.63) is 47.1 Å². The molecule has 166 valence electrons. The summed E-state index contributed by atoms with van der Waals surface area (Å²) < 4.78 is 11.9. The number of carbonyl (C=O) groups excluding carboxylic acids is 2. The van der Waals surface area contributed by atoms with Gasteiger partial charge in [-0.1, -0.05) is 23.8 Å². The zero-order valence-electron chi connectivity index (χ0n) is 18.4. The first-order chi connectivity index (χ1) is 15.3. The van der Waals surface area contributed by atoms with E-state index in [9.17, 15) is 14.7 Å². The zero-order valence-corrected chi connectivity index (χ0v) is 18.4. The molecule has 2 heterocycles. The average molecular weight is 434 g/mol. The minimum absolute atomic E-state index is 0.0369. The van der Waals surface area contributed by atoms with E-state index >= 15 is 0 Å². The molecule has 1 unspecified atom stereocenters. The number of hydrogen-bond acceptors (Lipinski definition) is 6. The third-order valence-electron chi connectivity index (χ3n) is 8.90. The molecule has 0 amide bonds. The number of likely N-dealkylation sites (tertiary alicyclic amines) is 1. The molecule has 1 aromatic carbocycles.